The summed E-state index contributed by atoms with van der Waals surface area (Å²) < 4.78 is 28.6. The number of ether oxygens (including phenoxy) is 5. The number of aliphatic hydroxyl groups is 1. The van der Waals surface area contributed by atoms with Crippen LogP contribution in [0.5, 0.6) is 0 Å². The van der Waals surface area contributed by atoms with E-state index in [4.69, 9.17) is 23.7 Å². The maximum Gasteiger partial charge on any atom is 0.307 e. The molecule has 17 heteroatoms. The Balaban J connectivity index is 0.000000239. The molecule has 2 amide bonds. The fourth-order valence-electron chi connectivity index (χ4n) is 14.4. The van der Waals surface area contributed by atoms with E-state index >= 15 is 0 Å². The Morgan fingerprint density at radius 1 is 0.554 bits per heavy atom. The van der Waals surface area contributed by atoms with Gasteiger partial charge in [0.15, 0.2) is 29.2 Å². The molecule has 12 atom stereocenters. The predicted octanol–water partition coefficient (Wildman–Crippen LogP) is 9.56. The number of hydrogen-bond acceptors (Lipinski definition) is 15. The molecular formula is C66H104N2O15. The number of piperidine rings is 2. The fraction of sp³-hybridized carbons (Fsp3) is 0.864. The molecule has 0 bridgehead atoms. The number of Topliss-reactive ketones (excluding diaryl/α,β-unsaturated/α-hetero) is 4. The van der Waals surface area contributed by atoms with E-state index in [1.807, 2.05) is 0 Å². The quantitative estimate of drug-likeness (QED) is 0.134. The van der Waals surface area contributed by atoms with E-state index in [0.717, 1.165) is 89.9 Å². The molecule has 4 aliphatic carbocycles. The first-order valence-corrected chi connectivity index (χ1v) is 32.1. The Labute approximate surface area is 495 Å². The number of hydrogen-bond donors (Lipinski definition) is 1. The Morgan fingerprint density at radius 2 is 0.940 bits per heavy atom. The molecule has 0 aromatic rings. The summed E-state index contributed by atoms with van der Waals surface area (Å²) in [4.78, 5) is 124. The molecule has 8 rings (SSSR count). The lowest BCUT2D eigenvalue weighted by Crippen LogP contribution is -2.50. The second-order valence-corrected chi connectivity index (χ2v) is 29.6. The van der Waals surface area contributed by atoms with Gasteiger partial charge in [-0.1, -0.05) is 79.1 Å². The molecule has 8 aliphatic rings. The summed E-state index contributed by atoms with van der Waals surface area (Å²) in [7, 11) is 0. The normalized spacial score (nSPS) is 31.8. The van der Waals surface area contributed by atoms with Crippen molar-refractivity contribution in [1.29, 1.82) is 0 Å². The highest BCUT2D eigenvalue weighted by molar-refractivity contribution is 5.95. The van der Waals surface area contributed by atoms with Gasteiger partial charge >= 0.3 is 17.9 Å². The number of nitrogens with zero attached hydrogens (tertiary/aromatic N) is 2. The molecule has 0 spiro atoms. The van der Waals surface area contributed by atoms with Crippen molar-refractivity contribution >= 4 is 52.9 Å². The van der Waals surface area contributed by atoms with E-state index in [-0.39, 0.29) is 108 Å². The van der Waals surface area contributed by atoms with Crippen LogP contribution in [-0.2, 0) is 66.8 Å². The molecule has 4 saturated heterocycles. The lowest BCUT2D eigenvalue weighted by Gasteiger charge is -2.34. The van der Waals surface area contributed by atoms with Crippen LogP contribution in [0.15, 0.2) is 0 Å². The number of esters is 3. The van der Waals surface area contributed by atoms with Crippen LogP contribution in [0.2, 0.25) is 0 Å². The van der Waals surface area contributed by atoms with Crippen molar-refractivity contribution in [2.45, 2.75) is 253 Å². The minimum Gasteiger partial charge on any atom is -0.460 e. The van der Waals surface area contributed by atoms with Crippen molar-refractivity contribution in [3.8, 4) is 0 Å². The third kappa shape index (κ3) is 18.5. The van der Waals surface area contributed by atoms with Gasteiger partial charge in [-0.3, -0.25) is 43.2 Å². The van der Waals surface area contributed by atoms with Crippen molar-refractivity contribution in [3.05, 3.63) is 0 Å². The number of rotatable bonds is 13. The van der Waals surface area contributed by atoms with Gasteiger partial charge in [0.25, 0.3) is 0 Å². The van der Waals surface area contributed by atoms with Gasteiger partial charge in [-0.25, -0.2) is 0 Å². The Morgan fingerprint density at radius 3 is 1.35 bits per heavy atom. The highest BCUT2D eigenvalue weighted by Crippen LogP contribution is 2.66. The lowest BCUT2D eigenvalue weighted by molar-refractivity contribution is -0.161. The van der Waals surface area contributed by atoms with E-state index < -0.39 is 77.1 Å². The van der Waals surface area contributed by atoms with Crippen molar-refractivity contribution < 1.29 is 71.9 Å². The summed E-state index contributed by atoms with van der Waals surface area (Å²) in [6.07, 6.45) is 13.2. The van der Waals surface area contributed by atoms with E-state index in [0.29, 0.717) is 63.8 Å². The zero-order valence-electron chi connectivity index (χ0n) is 52.4. The van der Waals surface area contributed by atoms with E-state index in [1.54, 1.807) is 51.3 Å². The minimum absolute atomic E-state index is 0.0147. The first kappa shape index (κ1) is 66.4. The molecule has 8 fully saturated rings. The van der Waals surface area contributed by atoms with Crippen LogP contribution in [0, 0.1) is 70.0 Å². The Bertz CT molecular complexity index is 2320. The van der Waals surface area contributed by atoms with Gasteiger partial charge in [-0.15, -0.1) is 0 Å². The number of fused-ring (bicyclic) bond motifs is 6. The largest absolute Gasteiger partial charge is 0.460 e. The van der Waals surface area contributed by atoms with Crippen LogP contribution in [-0.4, -0.2) is 143 Å². The highest BCUT2D eigenvalue weighted by Gasteiger charge is 2.70. The molecule has 468 valence electrons. The number of carbonyl (C=O) groups excluding carboxylic acids is 9. The Hall–Kier alpha value is -4.09. The van der Waals surface area contributed by atoms with Crippen LogP contribution >= 0.6 is 0 Å². The third-order valence-electron chi connectivity index (χ3n) is 19.5. The Kier molecular flexibility index (Phi) is 22.5. The molecule has 17 nitrogen and oxygen atoms in total. The highest BCUT2D eigenvalue weighted by atomic mass is 16.6. The molecule has 83 heavy (non-hydrogen) atoms. The monoisotopic (exact) mass is 1160 g/mol. The molecule has 2 unspecified atom stereocenters. The summed E-state index contributed by atoms with van der Waals surface area (Å²) in [6.45, 7) is 22.8. The van der Waals surface area contributed by atoms with Gasteiger partial charge in [-0.05, 0) is 145 Å². The fourth-order valence-corrected chi connectivity index (χ4v) is 14.4. The SMILES string of the molecule is CC(=O)OC(C(=O)CC1CC1)[C@@H]1CCCCCCCOC[C@H](CC(=O)OC(C)(C)C)C(=O)N2C[C@H]3[C@@H]([C@H]2C(=O)C1)C3(C)C.CC(C)(C)OC(=O)C[C@H]1COCCCCCCC[C@@H](C(O)C(=O)CC2CC2)CC(=O)[C@@H]2[C@@H]3[C@H](CN2C1=O)C3(C)C. The van der Waals surface area contributed by atoms with Crippen LogP contribution in [0.1, 0.15) is 217 Å². The van der Waals surface area contributed by atoms with Crippen molar-refractivity contribution in [3.63, 3.8) is 0 Å². The molecule has 0 radical (unpaired) electrons. The zero-order valence-corrected chi connectivity index (χ0v) is 52.4. The molecule has 4 heterocycles. The molecule has 1 N–H and O–H groups in total. The number of amides is 2. The molecular weight excluding hydrogens is 1060 g/mol. The lowest BCUT2D eigenvalue weighted by atomic mass is 9.84. The zero-order chi connectivity index (χ0) is 60.8. The first-order valence-electron chi connectivity index (χ1n) is 32.1. The van der Waals surface area contributed by atoms with Crippen LogP contribution in [0.25, 0.3) is 0 Å². The topological polar surface area (TPSA) is 226 Å². The van der Waals surface area contributed by atoms with Crippen molar-refractivity contribution in [2.24, 2.45) is 70.0 Å². The summed E-state index contributed by atoms with van der Waals surface area (Å²) >= 11 is 0. The van der Waals surface area contributed by atoms with Crippen molar-refractivity contribution in [1.82, 2.24) is 9.80 Å². The number of carbonyl (C=O) groups is 9. The van der Waals surface area contributed by atoms with Gasteiger partial charge in [0.05, 0.1) is 50.0 Å². The van der Waals surface area contributed by atoms with E-state index in [2.05, 4.69) is 27.7 Å². The smallest absolute Gasteiger partial charge is 0.307 e. The van der Waals surface area contributed by atoms with E-state index in [1.165, 1.54) is 6.92 Å². The molecule has 4 saturated carbocycles. The van der Waals surface area contributed by atoms with E-state index in [9.17, 15) is 48.3 Å². The van der Waals surface area contributed by atoms with Crippen molar-refractivity contribution in [2.75, 3.05) is 39.5 Å². The summed E-state index contributed by atoms with van der Waals surface area (Å²) in [5.74, 6) is -3.44. The van der Waals surface area contributed by atoms with Crippen LogP contribution < -0.4 is 0 Å². The van der Waals surface area contributed by atoms with Gasteiger partial charge in [0.1, 0.15) is 17.3 Å². The maximum absolute atomic E-state index is 14.3. The maximum atomic E-state index is 14.3. The second kappa shape index (κ2) is 28.2. The standard InChI is InChI=1S/C34H53NO8.C32H51NO7/c1-21(36)42-31(27(38)16-22-13-14-22)23-12-10-8-7-9-11-15-41-20-24(18-28(39)43-33(2,3)4)32(40)35-19-25-29(34(25,5)6)30(35)26(37)17-23;1-31(2,3)40-26(36)17-22-19-39-14-10-8-6-7-9-11-21(29(37)25(35)15-20-12-13-20)16-24(34)28-27-23(32(27,4)5)18-33(28)30(22)38/h22-25,29-31H,7-20H2,1-6H3;20-23,27-29,37H,6-19H2,1-5H3/t23-,24+,25+,29+,30-,31?;21-,22+,23+,27+,28-,29?/m11/s1. The molecule has 0 aromatic carbocycles. The first-order chi connectivity index (χ1) is 39.0. The summed E-state index contributed by atoms with van der Waals surface area (Å²) in [5.41, 5.74) is -1.47. The van der Waals surface area contributed by atoms with Crippen LogP contribution in [0.4, 0.5) is 0 Å². The summed E-state index contributed by atoms with van der Waals surface area (Å²) in [5, 5.41) is 11.1. The summed E-state index contributed by atoms with van der Waals surface area (Å²) in [6, 6.07) is -1.24. The molecule has 4 aliphatic heterocycles. The third-order valence-corrected chi connectivity index (χ3v) is 19.5. The number of aliphatic hydroxyl groups excluding tert-OH is 1. The van der Waals surface area contributed by atoms with Gasteiger partial charge in [0.2, 0.25) is 11.8 Å². The van der Waals surface area contributed by atoms with Gasteiger partial charge in [-0.2, -0.15) is 0 Å². The number of ketones is 4. The van der Waals surface area contributed by atoms with Gasteiger partial charge < -0.3 is 38.6 Å². The van der Waals surface area contributed by atoms with Gasteiger partial charge in [0, 0.05) is 64.8 Å². The second-order valence-electron chi connectivity index (χ2n) is 29.6. The van der Waals surface area contributed by atoms with Crippen LogP contribution in [0.3, 0.4) is 0 Å². The average Bonchev–Trinajstić information content (AvgIpc) is 1.86. The molecule has 0 aromatic heterocycles. The minimum atomic E-state index is -1.13. The average molecular weight is 1170 g/mol. The predicted molar refractivity (Wildman–Crippen MR) is 310 cm³/mol.